The van der Waals surface area contributed by atoms with Gasteiger partial charge in [0.2, 0.25) is 0 Å². The van der Waals surface area contributed by atoms with Gasteiger partial charge in [0.25, 0.3) is 0 Å². The van der Waals surface area contributed by atoms with E-state index in [1.54, 1.807) is 0 Å². The Balaban J connectivity index is 2.08. The third kappa shape index (κ3) is 2.40. The van der Waals surface area contributed by atoms with Crippen molar-refractivity contribution < 1.29 is 0 Å². The van der Waals surface area contributed by atoms with Gasteiger partial charge in [0.1, 0.15) is 5.82 Å². The summed E-state index contributed by atoms with van der Waals surface area (Å²) >= 11 is 6.04. The molecule has 0 bridgehead atoms. The molecule has 0 aliphatic carbocycles. The Morgan fingerprint density at radius 1 is 1.05 bits per heavy atom. The van der Waals surface area contributed by atoms with Gasteiger partial charge in [-0.1, -0.05) is 41.9 Å². The summed E-state index contributed by atoms with van der Waals surface area (Å²) in [5.41, 5.74) is 2.12. The minimum Gasteiger partial charge on any atom is -0.339 e. The number of hydrogen-bond acceptors (Lipinski definition) is 2. The fourth-order valence-corrected chi connectivity index (χ4v) is 2.25. The lowest BCUT2D eigenvalue weighted by Gasteiger charge is -2.11. The molecule has 0 atom stereocenters. The first kappa shape index (κ1) is 12.0. The SMILES string of the molecule is Cc1ccc(Cl)cc1Nc1nccc2ccccc12. The van der Waals surface area contributed by atoms with Crippen molar-refractivity contribution in [2.75, 3.05) is 5.32 Å². The van der Waals surface area contributed by atoms with Crippen molar-refractivity contribution >= 4 is 33.9 Å². The van der Waals surface area contributed by atoms with Crippen molar-refractivity contribution in [1.29, 1.82) is 0 Å². The second-order valence-electron chi connectivity index (χ2n) is 4.46. The Morgan fingerprint density at radius 2 is 1.89 bits per heavy atom. The second-order valence-corrected chi connectivity index (χ2v) is 4.90. The van der Waals surface area contributed by atoms with E-state index in [1.807, 2.05) is 49.5 Å². The molecular weight excluding hydrogens is 256 g/mol. The normalized spacial score (nSPS) is 10.6. The van der Waals surface area contributed by atoms with Gasteiger partial charge in [-0.15, -0.1) is 0 Å². The van der Waals surface area contributed by atoms with E-state index in [1.165, 1.54) is 5.39 Å². The Kier molecular flexibility index (Phi) is 3.10. The number of nitrogens with one attached hydrogen (secondary N) is 1. The van der Waals surface area contributed by atoms with Crippen LogP contribution < -0.4 is 5.32 Å². The zero-order valence-electron chi connectivity index (χ0n) is 10.5. The summed E-state index contributed by atoms with van der Waals surface area (Å²) in [5, 5.41) is 6.34. The van der Waals surface area contributed by atoms with Gasteiger partial charge in [-0.05, 0) is 36.1 Å². The maximum Gasteiger partial charge on any atom is 0.138 e. The van der Waals surface area contributed by atoms with Crippen molar-refractivity contribution in [2.24, 2.45) is 0 Å². The number of fused-ring (bicyclic) bond motifs is 1. The minimum atomic E-state index is 0.716. The standard InChI is InChI=1S/C16H13ClN2/c1-11-6-7-13(17)10-15(11)19-16-14-5-3-2-4-12(14)8-9-18-16/h2-10H,1H3,(H,18,19). The van der Waals surface area contributed by atoms with Gasteiger partial charge in [0.15, 0.2) is 0 Å². The number of aromatic nitrogens is 1. The summed E-state index contributed by atoms with van der Waals surface area (Å²) in [4.78, 5) is 4.42. The van der Waals surface area contributed by atoms with Crippen LogP contribution in [-0.4, -0.2) is 4.98 Å². The van der Waals surface area contributed by atoms with Gasteiger partial charge < -0.3 is 5.32 Å². The Labute approximate surface area is 117 Å². The molecule has 1 aromatic heterocycles. The molecular formula is C16H13ClN2. The van der Waals surface area contributed by atoms with Crippen LogP contribution in [0.3, 0.4) is 0 Å². The summed E-state index contributed by atoms with van der Waals surface area (Å²) in [6.07, 6.45) is 1.81. The van der Waals surface area contributed by atoms with Gasteiger partial charge >= 0.3 is 0 Å². The molecule has 0 fully saturated rings. The molecule has 0 radical (unpaired) electrons. The van der Waals surface area contributed by atoms with Crippen LogP contribution in [0.4, 0.5) is 11.5 Å². The van der Waals surface area contributed by atoms with Crippen LogP contribution >= 0.6 is 11.6 Å². The Morgan fingerprint density at radius 3 is 2.79 bits per heavy atom. The minimum absolute atomic E-state index is 0.716. The van der Waals surface area contributed by atoms with Crippen LogP contribution in [0.15, 0.2) is 54.7 Å². The quantitative estimate of drug-likeness (QED) is 0.712. The molecule has 1 heterocycles. The summed E-state index contributed by atoms with van der Waals surface area (Å²) in [6, 6.07) is 16.0. The number of anilines is 2. The number of pyridine rings is 1. The molecule has 3 rings (SSSR count). The van der Waals surface area contributed by atoms with E-state index in [0.717, 1.165) is 22.5 Å². The van der Waals surface area contributed by atoms with E-state index in [9.17, 15) is 0 Å². The molecule has 94 valence electrons. The van der Waals surface area contributed by atoms with Crippen molar-refractivity contribution in [3.05, 3.63) is 65.3 Å². The van der Waals surface area contributed by atoms with E-state index in [0.29, 0.717) is 5.02 Å². The van der Waals surface area contributed by atoms with E-state index < -0.39 is 0 Å². The fourth-order valence-electron chi connectivity index (χ4n) is 2.08. The summed E-state index contributed by atoms with van der Waals surface area (Å²) in [5.74, 6) is 0.850. The maximum atomic E-state index is 6.04. The first-order valence-corrected chi connectivity index (χ1v) is 6.49. The van der Waals surface area contributed by atoms with E-state index in [2.05, 4.69) is 22.4 Å². The predicted molar refractivity (Wildman–Crippen MR) is 81.2 cm³/mol. The number of nitrogens with zero attached hydrogens (tertiary/aromatic N) is 1. The van der Waals surface area contributed by atoms with Crippen molar-refractivity contribution in [3.63, 3.8) is 0 Å². The molecule has 0 saturated heterocycles. The van der Waals surface area contributed by atoms with Crippen molar-refractivity contribution in [3.8, 4) is 0 Å². The molecule has 3 aromatic rings. The number of rotatable bonds is 2. The highest BCUT2D eigenvalue weighted by molar-refractivity contribution is 6.30. The summed E-state index contributed by atoms with van der Waals surface area (Å²) in [6.45, 7) is 2.05. The van der Waals surface area contributed by atoms with E-state index >= 15 is 0 Å². The van der Waals surface area contributed by atoms with Crippen LogP contribution in [0, 0.1) is 6.92 Å². The summed E-state index contributed by atoms with van der Waals surface area (Å²) in [7, 11) is 0. The number of halogens is 1. The lowest BCUT2D eigenvalue weighted by atomic mass is 10.1. The van der Waals surface area contributed by atoms with Crippen LogP contribution in [0.2, 0.25) is 5.02 Å². The van der Waals surface area contributed by atoms with Gasteiger partial charge in [-0.3, -0.25) is 0 Å². The number of aryl methyl sites for hydroxylation is 1. The number of hydrogen-bond donors (Lipinski definition) is 1. The zero-order valence-corrected chi connectivity index (χ0v) is 11.3. The smallest absolute Gasteiger partial charge is 0.138 e. The van der Waals surface area contributed by atoms with Crippen molar-refractivity contribution in [2.45, 2.75) is 6.92 Å². The first-order valence-electron chi connectivity index (χ1n) is 6.11. The molecule has 3 heteroatoms. The molecule has 0 amide bonds. The molecule has 2 nitrogen and oxygen atoms in total. The Bertz CT molecular complexity index is 732. The Hall–Kier alpha value is -2.06. The maximum absolute atomic E-state index is 6.04. The molecule has 0 saturated carbocycles. The average molecular weight is 269 g/mol. The molecule has 0 unspecified atom stereocenters. The summed E-state index contributed by atoms with van der Waals surface area (Å²) < 4.78 is 0. The molecule has 0 aliphatic rings. The van der Waals surface area contributed by atoms with Crippen LogP contribution in [0.25, 0.3) is 10.8 Å². The number of benzene rings is 2. The van der Waals surface area contributed by atoms with Crippen LogP contribution in [0.5, 0.6) is 0 Å². The first-order chi connectivity index (χ1) is 9.24. The molecule has 0 aliphatic heterocycles. The third-order valence-corrected chi connectivity index (χ3v) is 3.36. The monoisotopic (exact) mass is 268 g/mol. The largest absolute Gasteiger partial charge is 0.339 e. The topological polar surface area (TPSA) is 24.9 Å². The fraction of sp³-hybridized carbons (Fsp3) is 0.0625. The van der Waals surface area contributed by atoms with Crippen molar-refractivity contribution in [1.82, 2.24) is 4.98 Å². The van der Waals surface area contributed by atoms with Crippen LogP contribution in [-0.2, 0) is 0 Å². The van der Waals surface area contributed by atoms with E-state index in [-0.39, 0.29) is 0 Å². The molecule has 0 spiro atoms. The van der Waals surface area contributed by atoms with Gasteiger partial charge in [0, 0.05) is 22.3 Å². The van der Waals surface area contributed by atoms with Crippen LogP contribution in [0.1, 0.15) is 5.56 Å². The van der Waals surface area contributed by atoms with Gasteiger partial charge in [0.05, 0.1) is 0 Å². The average Bonchev–Trinajstić information content (AvgIpc) is 2.43. The lowest BCUT2D eigenvalue weighted by molar-refractivity contribution is 1.32. The second kappa shape index (κ2) is 4.90. The van der Waals surface area contributed by atoms with Gasteiger partial charge in [-0.25, -0.2) is 4.98 Å². The molecule has 19 heavy (non-hydrogen) atoms. The van der Waals surface area contributed by atoms with E-state index in [4.69, 9.17) is 11.6 Å². The predicted octanol–water partition coefficient (Wildman–Crippen LogP) is 4.94. The highest BCUT2D eigenvalue weighted by atomic mass is 35.5. The van der Waals surface area contributed by atoms with Gasteiger partial charge in [-0.2, -0.15) is 0 Å². The zero-order chi connectivity index (χ0) is 13.2. The molecule has 2 aromatic carbocycles. The highest BCUT2D eigenvalue weighted by Gasteiger charge is 2.04. The third-order valence-electron chi connectivity index (χ3n) is 3.13. The molecule has 1 N–H and O–H groups in total. The lowest BCUT2D eigenvalue weighted by Crippen LogP contribution is -1.96. The highest BCUT2D eigenvalue weighted by Crippen LogP contribution is 2.27.